The van der Waals surface area contributed by atoms with Crippen molar-refractivity contribution in [2.75, 3.05) is 5.73 Å². The van der Waals surface area contributed by atoms with Crippen LogP contribution < -0.4 is 5.73 Å². The van der Waals surface area contributed by atoms with E-state index < -0.39 is 0 Å². The molecule has 0 unspecified atom stereocenters. The average molecular weight is 304 g/mol. The van der Waals surface area contributed by atoms with Gasteiger partial charge in [0.25, 0.3) is 5.89 Å². The monoisotopic (exact) mass is 303 g/mol. The van der Waals surface area contributed by atoms with Crippen molar-refractivity contribution >= 4 is 17.3 Å². The lowest BCUT2D eigenvalue weighted by Gasteiger charge is -2.00. The Kier molecular flexibility index (Phi) is 3.35. The second-order valence-electron chi connectivity index (χ2n) is 4.62. The topological polar surface area (TPSA) is 64.9 Å². The molecule has 0 spiro atoms. The summed E-state index contributed by atoms with van der Waals surface area (Å²) in [5.41, 5.74) is 8.12. The molecule has 0 atom stereocenters. The maximum atomic E-state index is 13.3. The number of halogens is 2. The summed E-state index contributed by atoms with van der Waals surface area (Å²) < 4.78 is 18.5. The van der Waals surface area contributed by atoms with E-state index in [-0.39, 0.29) is 11.7 Å². The van der Waals surface area contributed by atoms with Crippen molar-refractivity contribution in [3.63, 3.8) is 0 Å². The van der Waals surface area contributed by atoms with Crippen molar-refractivity contribution in [3.05, 3.63) is 52.8 Å². The largest absolute Gasteiger partial charge is 0.398 e. The van der Waals surface area contributed by atoms with Crippen LogP contribution in [0.4, 0.5) is 10.1 Å². The second kappa shape index (κ2) is 5.18. The normalized spacial score (nSPS) is 10.8. The molecule has 0 aliphatic heterocycles. The van der Waals surface area contributed by atoms with Gasteiger partial charge in [-0.05, 0) is 48.9 Å². The van der Waals surface area contributed by atoms with Crippen molar-refractivity contribution in [2.45, 2.75) is 6.92 Å². The van der Waals surface area contributed by atoms with Crippen molar-refractivity contribution in [1.29, 1.82) is 0 Å². The van der Waals surface area contributed by atoms with Gasteiger partial charge in [0.05, 0.1) is 5.56 Å². The van der Waals surface area contributed by atoms with Crippen molar-refractivity contribution < 1.29 is 8.91 Å². The predicted molar refractivity (Wildman–Crippen MR) is 79.3 cm³/mol. The lowest BCUT2D eigenvalue weighted by atomic mass is 10.1. The summed E-state index contributed by atoms with van der Waals surface area (Å²) in [6, 6.07) is 9.63. The minimum absolute atomic E-state index is 0.270. The molecule has 21 heavy (non-hydrogen) atoms. The quantitative estimate of drug-likeness (QED) is 0.724. The number of nitrogen functional groups attached to an aromatic ring is 1. The molecular formula is C15H11ClFN3O. The molecule has 1 aromatic heterocycles. The van der Waals surface area contributed by atoms with Crippen LogP contribution in [0.3, 0.4) is 0 Å². The zero-order valence-corrected chi connectivity index (χ0v) is 11.9. The zero-order valence-electron chi connectivity index (χ0n) is 11.1. The van der Waals surface area contributed by atoms with Crippen LogP contribution in [0.5, 0.6) is 0 Å². The molecule has 2 aromatic carbocycles. The number of nitrogens with two attached hydrogens (primary N) is 1. The van der Waals surface area contributed by atoms with Gasteiger partial charge in [-0.2, -0.15) is 4.98 Å². The summed E-state index contributed by atoms with van der Waals surface area (Å²) in [4.78, 5) is 4.28. The molecular weight excluding hydrogens is 293 g/mol. The number of aromatic nitrogens is 2. The van der Waals surface area contributed by atoms with E-state index >= 15 is 0 Å². The maximum absolute atomic E-state index is 13.3. The first-order valence-corrected chi connectivity index (χ1v) is 6.58. The molecule has 0 amide bonds. The Balaban J connectivity index is 2.03. The molecule has 2 N–H and O–H groups in total. The van der Waals surface area contributed by atoms with Crippen LogP contribution in [-0.4, -0.2) is 10.1 Å². The lowest BCUT2D eigenvalue weighted by molar-refractivity contribution is 0.432. The second-order valence-corrected chi connectivity index (χ2v) is 5.06. The van der Waals surface area contributed by atoms with Gasteiger partial charge in [0.15, 0.2) is 0 Å². The van der Waals surface area contributed by atoms with Crippen LogP contribution in [0.15, 0.2) is 40.9 Å². The van der Waals surface area contributed by atoms with E-state index in [1.807, 2.05) is 0 Å². The number of hydrogen-bond acceptors (Lipinski definition) is 4. The molecule has 0 saturated carbocycles. The Bertz CT molecular complexity index is 816. The Labute approximate surface area is 125 Å². The molecule has 3 aromatic rings. The van der Waals surface area contributed by atoms with Gasteiger partial charge in [0, 0.05) is 16.3 Å². The molecule has 0 bridgehead atoms. The summed E-state index contributed by atoms with van der Waals surface area (Å²) in [5.74, 6) is 0.362. The maximum Gasteiger partial charge on any atom is 0.260 e. The first kappa shape index (κ1) is 13.6. The van der Waals surface area contributed by atoms with E-state index in [2.05, 4.69) is 10.1 Å². The van der Waals surface area contributed by atoms with E-state index in [0.717, 1.165) is 0 Å². The molecule has 0 aliphatic rings. The fourth-order valence-corrected chi connectivity index (χ4v) is 2.12. The van der Waals surface area contributed by atoms with Crippen LogP contribution in [0, 0.1) is 12.7 Å². The van der Waals surface area contributed by atoms with Crippen LogP contribution in [-0.2, 0) is 0 Å². The first-order valence-electron chi connectivity index (χ1n) is 6.20. The summed E-state index contributed by atoms with van der Waals surface area (Å²) in [6.45, 7) is 1.68. The van der Waals surface area contributed by atoms with Gasteiger partial charge in [-0.1, -0.05) is 16.8 Å². The van der Waals surface area contributed by atoms with Crippen molar-refractivity contribution in [2.24, 2.45) is 0 Å². The van der Waals surface area contributed by atoms with Gasteiger partial charge < -0.3 is 10.3 Å². The highest BCUT2D eigenvalue weighted by atomic mass is 35.5. The molecule has 0 radical (unpaired) electrons. The Morgan fingerprint density at radius 2 is 2.00 bits per heavy atom. The highest BCUT2D eigenvalue weighted by Gasteiger charge is 2.14. The van der Waals surface area contributed by atoms with E-state index in [1.165, 1.54) is 6.07 Å². The Morgan fingerprint density at radius 1 is 1.19 bits per heavy atom. The first-order chi connectivity index (χ1) is 10.0. The number of aryl methyl sites for hydroxylation is 1. The van der Waals surface area contributed by atoms with Gasteiger partial charge in [-0.25, -0.2) is 4.39 Å². The van der Waals surface area contributed by atoms with Gasteiger partial charge in [0.2, 0.25) is 5.82 Å². The van der Waals surface area contributed by atoms with E-state index in [1.54, 1.807) is 37.3 Å². The number of nitrogens with zero attached hydrogens (tertiary/aromatic N) is 2. The molecule has 0 aliphatic carbocycles. The van der Waals surface area contributed by atoms with Crippen molar-refractivity contribution in [3.8, 4) is 22.8 Å². The fourth-order valence-electron chi connectivity index (χ4n) is 1.95. The van der Waals surface area contributed by atoms with E-state index in [0.29, 0.717) is 33.2 Å². The minimum atomic E-state index is -0.276. The average Bonchev–Trinajstić information content (AvgIpc) is 2.94. The summed E-state index contributed by atoms with van der Waals surface area (Å²) in [7, 11) is 0. The fraction of sp³-hybridized carbons (Fsp3) is 0.0667. The smallest absolute Gasteiger partial charge is 0.260 e. The third-order valence-electron chi connectivity index (χ3n) is 3.09. The van der Waals surface area contributed by atoms with Crippen molar-refractivity contribution in [1.82, 2.24) is 10.1 Å². The van der Waals surface area contributed by atoms with Crippen LogP contribution >= 0.6 is 11.6 Å². The molecule has 6 heteroatoms. The van der Waals surface area contributed by atoms with E-state index in [4.69, 9.17) is 21.9 Å². The highest BCUT2D eigenvalue weighted by Crippen LogP contribution is 2.29. The number of benzene rings is 2. The number of rotatable bonds is 2. The SMILES string of the molecule is Cc1cc(-c2noc(-c3cc(Cl)ccc3N)n2)ccc1F. The molecule has 3 rings (SSSR count). The van der Waals surface area contributed by atoms with Gasteiger partial charge in [-0.3, -0.25) is 0 Å². The van der Waals surface area contributed by atoms with Gasteiger partial charge in [0.1, 0.15) is 5.82 Å². The van der Waals surface area contributed by atoms with Gasteiger partial charge >= 0.3 is 0 Å². The third-order valence-corrected chi connectivity index (χ3v) is 3.32. The lowest BCUT2D eigenvalue weighted by Crippen LogP contribution is -1.90. The standard InChI is InChI=1S/C15H11ClFN3O/c1-8-6-9(2-4-12(8)17)14-19-15(21-20-14)11-7-10(16)3-5-13(11)18/h2-7H,18H2,1H3. The third kappa shape index (κ3) is 2.60. The van der Waals surface area contributed by atoms with Gasteiger partial charge in [-0.15, -0.1) is 0 Å². The minimum Gasteiger partial charge on any atom is -0.398 e. The Morgan fingerprint density at radius 3 is 2.76 bits per heavy atom. The van der Waals surface area contributed by atoms with Crippen LogP contribution in [0.25, 0.3) is 22.8 Å². The molecule has 0 fully saturated rings. The van der Waals surface area contributed by atoms with Crippen LogP contribution in [0.2, 0.25) is 5.02 Å². The zero-order chi connectivity index (χ0) is 15.0. The summed E-state index contributed by atoms with van der Waals surface area (Å²) in [5, 5.41) is 4.42. The van der Waals surface area contributed by atoms with Crippen LogP contribution in [0.1, 0.15) is 5.56 Å². The molecule has 1 heterocycles. The number of anilines is 1. The highest BCUT2D eigenvalue weighted by molar-refractivity contribution is 6.31. The summed E-state index contributed by atoms with van der Waals surface area (Å²) >= 11 is 5.94. The Hall–Kier alpha value is -2.40. The predicted octanol–water partition coefficient (Wildman–Crippen LogP) is 4.09. The molecule has 0 saturated heterocycles. The molecule has 106 valence electrons. The summed E-state index contributed by atoms with van der Waals surface area (Å²) in [6.07, 6.45) is 0. The van der Waals surface area contributed by atoms with E-state index in [9.17, 15) is 4.39 Å². The molecule has 4 nitrogen and oxygen atoms in total. The number of hydrogen-bond donors (Lipinski definition) is 1.